The van der Waals surface area contributed by atoms with Gasteiger partial charge in [0, 0.05) is 51.9 Å². The monoisotopic (exact) mass is 422 g/mol. The van der Waals surface area contributed by atoms with Crippen LogP contribution in [0.1, 0.15) is 50.6 Å². The molecular formula is C21H34N4O3S. The van der Waals surface area contributed by atoms with Gasteiger partial charge in [0.2, 0.25) is 5.91 Å². The molecule has 0 unspecified atom stereocenters. The largest absolute Gasteiger partial charge is 0.372 e. The van der Waals surface area contributed by atoms with E-state index in [0.717, 1.165) is 18.7 Å². The van der Waals surface area contributed by atoms with Crippen LogP contribution in [0.2, 0.25) is 0 Å². The second-order valence-corrected chi connectivity index (χ2v) is 10.5. The molecule has 0 bridgehead atoms. The third-order valence-corrected chi connectivity index (χ3v) is 8.03. The first-order valence-corrected chi connectivity index (χ1v) is 12.0. The van der Waals surface area contributed by atoms with Crippen LogP contribution < -0.4 is 10.2 Å². The number of rotatable bonds is 6. The van der Waals surface area contributed by atoms with Crippen LogP contribution in [0.3, 0.4) is 0 Å². The minimum atomic E-state index is -3.40. The molecule has 0 saturated carbocycles. The number of anilines is 1. The maximum Gasteiger partial charge on any atom is 0.281 e. The van der Waals surface area contributed by atoms with Crippen molar-refractivity contribution in [1.82, 2.24) is 13.9 Å². The average molecular weight is 423 g/mol. The van der Waals surface area contributed by atoms with Crippen LogP contribution in [0.4, 0.5) is 5.69 Å². The van der Waals surface area contributed by atoms with E-state index in [-0.39, 0.29) is 17.9 Å². The molecule has 29 heavy (non-hydrogen) atoms. The highest BCUT2D eigenvalue weighted by Gasteiger charge is 2.32. The van der Waals surface area contributed by atoms with Gasteiger partial charge in [-0.3, -0.25) is 4.79 Å². The van der Waals surface area contributed by atoms with Crippen molar-refractivity contribution in [3.8, 4) is 0 Å². The molecule has 1 amide bonds. The lowest BCUT2D eigenvalue weighted by molar-refractivity contribution is -0.126. The summed E-state index contributed by atoms with van der Waals surface area (Å²) in [5.41, 5.74) is 2.34. The standard InChI is InChI=1S/C21H34N4O3S/c1-17(18-7-9-20(10-8-18)24-13-5-4-6-14-24)22-21(26)19-11-15-25(16-12-19)29(27,28)23(2)3/h7-10,17,19H,4-6,11-16H2,1-3H3,(H,22,26)/t17-/m1/s1. The van der Waals surface area contributed by atoms with Gasteiger partial charge in [-0.1, -0.05) is 12.1 Å². The third kappa shape index (κ3) is 5.29. The zero-order valence-electron chi connectivity index (χ0n) is 17.8. The fraction of sp³-hybridized carbons (Fsp3) is 0.667. The van der Waals surface area contributed by atoms with Gasteiger partial charge < -0.3 is 10.2 Å². The molecule has 0 aromatic heterocycles. The molecule has 1 aromatic rings. The molecule has 7 nitrogen and oxygen atoms in total. The number of piperidine rings is 2. The predicted molar refractivity (Wildman–Crippen MR) is 116 cm³/mol. The van der Waals surface area contributed by atoms with Crippen LogP contribution in [0.25, 0.3) is 0 Å². The second kappa shape index (κ2) is 9.45. The van der Waals surface area contributed by atoms with Crippen LogP contribution in [0.15, 0.2) is 24.3 Å². The van der Waals surface area contributed by atoms with Gasteiger partial charge in [-0.15, -0.1) is 0 Å². The van der Waals surface area contributed by atoms with Gasteiger partial charge in [-0.2, -0.15) is 17.0 Å². The van der Waals surface area contributed by atoms with Crippen molar-refractivity contribution >= 4 is 21.8 Å². The van der Waals surface area contributed by atoms with Gasteiger partial charge >= 0.3 is 0 Å². The van der Waals surface area contributed by atoms with E-state index in [1.54, 1.807) is 0 Å². The van der Waals surface area contributed by atoms with Crippen LogP contribution in [-0.2, 0) is 15.0 Å². The lowest BCUT2D eigenvalue weighted by atomic mass is 9.96. The zero-order chi connectivity index (χ0) is 21.0. The fourth-order valence-electron chi connectivity index (χ4n) is 4.12. The number of benzene rings is 1. The quantitative estimate of drug-likeness (QED) is 0.764. The Morgan fingerprint density at radius 2 is 1.62 bits per heavy atom. The molecule has 8 heteroatoms. The molecule has 2 fully saturated rings. The number of carbonyl (C=O) groups excluding carboxylic acids is 1. The highest BCUT2D eigenvalue weighted by molar-refractivity contribution is 7.86. The Hall–Kier alpha value is -1.64. The molecule has 0 radical (unpaired) electrons. The summed E-state index contributed by atoms with van der Waals surface area (Å²) in [6.07, 6.45) is 4.93. The van der Waals surface area contributed by atoms with E-state index in [1.807, 2.05) is 6.92 Å². The number of amides is 1. The van der Waals surface area contributed by atoms with Crippen LogP contribution in [0.5, 0.6) is 0 Å². The summed E-state index contributed by atoms with van der Waals surface area (Å²) in [5, 5.41) is 3.11. The predicted octanol–water partition coefficient (Wildman–Crippen LogP) is 2.37. The maximum absolute atomic E-state index is 12.7. The first-order chi connectivity index (χ1) is 13.8. The lowest BCUT2D eigenvalue weighted by Gasteiger charge is -2.32. The fourth-order valence-corrected chi connectivity index (χ4v) is 5.25. The van der Waals surface area contributed by atoms with E-state index < -0.39 is 10.2 Å². The van der Waals surface area contributed by atoms with Crippen LogP contribution in [0, 0.1) is 5.92 Å². The molecule has 2 aliphatic rings. The molecule has 1 aromatic carbocycles. The number of hydrogen-bond donors (Lipinski definition) is 1. The molecular weight excluding hydrogens is 388 g/mol. The molecule has 3 rings (SSSR count). The van der Waals surface area contributed by atoms with Crippen molar-refractivity contribution in [3.63, 3.8) is 0 Å². The van der Waals surface area contributed by atoms with E-state index >= 15 is 0 Å². The Morgan fingerprint density at radius 3 is 2.17 bits per heavy atom. The Labute approximate surface area is 175 Å². The third-order valence-electron chi connectivity index (χ3n) is 6.09. The maximum atomic E-state index is 12.7. The molecule has 0 spiro atoms. The second-order valence-electron chi connectivity index (χ2n) is 8.33. The van der Waals surface area contributed by atoms with Gasteiger partial charge in [-0.05, 0) is 56.7 Å². The van der Waals surface area contributed by atoms with E-state index in [0.29, 0.717) is 25.9 Å². The molecule has 162 valence electrons. The number of hydrogen-bond acceptors (Lipinski definition) is 4. The highest BCUT2D eigenvalue weighted by atomic mass is 32.2. The summed E-state index contributed by atoms with van der Waals surface area (Å²) in [7, 11) is -0.329. The SMILES string of the molecule is C[C@@H](NC(=O)C1CCN(S(=O)(=O)N(C)C)CC1)c1ccc(N2CCCCC2)cc1. The Kier molecular flexibility index (Phi) is 7.19. The van der Waals surface area contributed by atoms with Crippen molar-refractivity contribution in [2.24, 2.45) is 5.92 Å². The molecule has 2 aliphatic heterocycles. The summed E-state index contributed by atoms with van der Waals surface area (Å²) >= 11 is 0. The number of nitrogens with zero attached hydrogens (tertiary/aromatic N) is 3. The summed E-state index contributed by atoms with van der Waals surface area (Å²) in [4.78, 5) is 15.1. The van der Waals surface area contributed by atoms with E-state index in [1.165, 1.54) is 47.7 Å². The van der Waals surface area contributed by atoms with Gasteiger partial charge in [0.25, 0.3) is 10.2 Å². The lowest BCUT2D eigenvalue weighted by Crippen LogP contribution is -2.47. The van der Waals surface area contributed by atoms with Gasteiger partial charge in [0.15, 0.2) is 0 Å². The summed E-state index contributed by atoms with van der Waals surface area (Å²) in [6, 6.07) is 8.42. The van der Waals surface area contributed by atoms with Crippen molar-refractivity contribution < 1.29 is 13.2 Å². The number of carbonyl (C=O) groups is 1. The van der Waals surface area contributed by atoms with Crippen LogP contribution in [-0.4, -0.2) is 63.2 Å². The van der Waals surface area contributed by atoms with Gasteiger partial charge in [0.1, 0.15) is 0 Å². The first kappa shape index (κ1) is 22.1. The summed E-state index contributed by atoms with van der Waals surface area (Å²) in [5.74, 6) is -0.127. The van der Waals surface area contributed by atoms with E-state index in [2.05, 4.69) is 34.5 Å². The summed E-state index contributed by atoms with van der Waals surface area (Å²) in [6.45, 7) is 5.01. The molecule has 2 heterocycles. The van der Waals surface area contributed by atoms with Crippen LogP contribution >= 0.6 is 0 Å². The molecule has 1 atom stereocenters. The van der Waals surface area contributed by atoms with Crippen molar-refractivity contribution in [2.45, 2.75) is 45.1 Å². The zero-order valence-corrected chi connectivity index (χ0v) is 18.6. The smallest absolute Gasteiger partial charge is 0.281 e. The highest BCUT2D eigenvalue weighted by Crippen LogP contribution is 2.24. The van der Waals surface area contributed by atoms with Crippen molar-refractivity contribution in [3.05, 3.63) is 29.8 Å². The molecule has 2 saturated heterocycles. The topological polar surface area (TPSA) is 73.0 Å². The van der Waals surface area contributed by atoms with Gasteiger partial charge in [0.05, 0.1) is 6.04 Å². The Morgan fingerprint density at radius 1 is 1.03 bits per heavy atom. The minimum absolute atomic E-state index is 0.0134. The average Bonchev–Trinajstić information content (AvgIpc) is 2.74. The van der Waals surface area contributed by atoms with E-state index in [4.69, 9.17) is 0 Å². The molecule has 1 N–H and O–H groups in total. The normalized spacial score (nSPS) is 20.6. The van der Waals surface area contributed by atoms with Gasteiger partial charge in [-0.25, -0.2) is 0 Å². The molecule has 0 aliphatic carbocycles. The Bertz CT molecular complexity index is 781. The Balaban J connectivity index is 1.52. The minimum Gasteiger partial charge on any atom is -0.372 e. The van der Waals surface area contributed by atoms with E-state index in [9.17, 15) is 13.2 Å². The first-order valence-electron chi connectivity index (χ1n) is 10.6. The van der Waals surface area contributed by atoms with Crippen molar-refractivity contribution in [1.29, 1.82) is 0 Å². The number of nitrogens with one attached hydrogen (secondary N) is 1. The summed E-state index contributed by atoms with van der Waals surface area (Å²) < 4.78 is 27.1. The van der Waals surface area contributed by atoms with Crippen molar-refractivity contribution in [2.75, 3.05) is 45.2 Å².